The van der Waals surface area contributed by atoms with Gasteiger partial charge in [0.2, 0.25) is 0 Å². The minimum atomic E-state index is 0.608. The van der Waals surface area contributed by atoms with E-state index in [4.69, 9.17) is 0 Å². The van der Waals surface area contributed by atoms with Gasteiger partial charge in [0, 0.05) is 10.9 Å². The Hall–Kier alpha value is -0.340. The van der Waals surface area contributed by atoms with Gasteiger partial charge in [-0.2, -0.15) is 0 Å². The van der Waals surface area contributed by atoms with Crippen molar-refractivity contribution >= 4 is 11.3 Å². The fraction of sp³-hybridized carbons (Fsp3) is 0.692. The Kier molecular flexibility index (Phi) is 3.47. The molecular formula is C13H21NS. The molecule has 1 nitrogen and oxygen atoms in total. The van der Waals surface area contributed by atoms with Crippen LogP contribution in [0.15, 0.2) is 11.4 Å². The topological polar surface area (TPSA) is 12.0 Å². The molecule has 84 valence electrons. The number of fused-ring (bicyclic) bond motifs is 1. The smallest absolute Gasteiger partial charge is 0.0443 e. The third-order valence-corrected chi connectivity index (χ3v) is 4.28. The summed E-state index contributed by atoms with van der Waals surface area (Å²) >= 11 is 1.93. The lowest BCUT2D eigenvalue weighted by molar-refractivity contribution is 0.323. The van der Waals surface area contributed by atoms with Crippen molar-refractivity contribution in [1.29, 1.82) is 0 Å². The Balaban J connectivity index is 2.11. The van der Waals surface area contributed by atoms with Crippen LogP contribution in [-0.4, -0.2) is 6.54 Å². The summed E-state index contributed by atoms with van der Waals surface area (Å²) in [6.45, 7) is 8.16. The van der Waals surface area contributed by atoms with Crippen molar-refractivity contribution in [1.82, 2.24) is 5.32 Å². The van der Waals surface area contributed by atoms with E-state index in [1.165, 1.54) is 12.8 Å². The molecular weight excluding hydrogens is 202 g/mol. The quantitative estimate of drug-likeness (QED) is 0.825. The van der Waals surface area contributed by atoms with E-state index in [9.17, 15) is 0 Å². The predicted molar refractivity (Wildman–Crippen MR) is 67.4 cm³/mol. The van der Waals surface area contributed by atoms with E-state index in [2.05, 4.69) is 37.5 Å². The average Bonchev–Trinajstić information content (AvgIpc) is 2.63. The summed E-state index contributed by atoms with van der Waals surface area (Å²) in [7, 11) is 0. The fourth-order valence-corrected chi connectivity index (χ4v) is 3.78. The van der Waals surface area contributed by atoms with Gasteiger partial charge in [0.05, 0.1) is 0 Å². The van der Waals surface area contributed by atoms with Crippen LogP contribution in [0.3, 0.4) is 0 Å². The molecule has 1 aromatic rings. The largest absolute Gasteiger partial charge is 0.309 e. The lowest BCUT2D eigenvalue weighted by atomic mass is 9.88. The van der Waals surface area contributed by atoms with E-state index < -0.39 is 0 Å². The zero-order valence-corrected chi connectivity index (χ0v) is 10.7. The summed E-state index contributed by atoms with van der Waals surface area (Å²) in [5.74, 6) is 1.55. The van der Waals surface area contributed by atoms with Crippen LogP contribution in [0.2, 0.25) is 0 Å². The number of hydrogen-bond donors (Lipinski definition) is 1. The highest BCUT2D eigenvalue weighted by molar-refractivity contribution is 7.10. The van der Waals surface area contributed by atoms with E-state index in [-0.39, 0.29) is 0 Å². The molecule has 0 saturated heterocycles. The van der Waals surface area contributed by atoms with Gasteiger partial charge in [-0.25, -0.2) is 0 Å². The van der Waals surface area contributed by atoms with Gasteiger partial charge in [0.1, 0.15) is 0 Å². The monoisotopic (exact) mass is 223 g/mol. The highest BCUT2D eigenvalue weighted by Gasteiger charge is 2.26. The van der Waals surface area contributed by atoms with Crippen LogP contribution in [0.1, 0.15) is 43.7 Å². The molecule has 0 aromatic carbocycles. The predicted octanol–water partition coefficient (Wildman–Crippen LogP) is 3.62. The first-order valence-corrected chi connectivity index (χ1v) is 6.86. The number of thiophene rings is 1. The lowest BCUT2D eigenvalue weighted by Gasteiger charge is -2.30. The summed E-state index contributed by atoms with van der Waals surface area (Å²) in [5, 5.41) is 5.92. The third kappa shape index (κ3) is 2.43. The normalized spacial score (nSPS) is 22.8. The molecule has 2 atom stereocenters. The van der Waals surface area contributed by atoms with Crippen LogP contribution in [0.5, 0.6) is 0 Å². The highest BCUT2D eigenvalue weighted by Crippen LogP contribution is 2.35. The first-order valence-electron chi connectivity index (χ1n) is 5.98. The molecule has 0 fully saturated rings. The second-order valence-electron chi connectivity index (χ2n) is 5.10. The molecule has 0 saturated carbocycles. The van der Waals surface area contributed by atoms with Crippen molar-refractivity contribution in [2.45, 2.75) is 39.7 Å². The molecule has 1 aliphatic rings. The Morgan fingerprint density at radius 3 is 3.00 bits per heavy atom. The molecule has 2 heteroatoms. The first kappa shape index (κ1) is 11.2. The molecule has 2 rings (SSSR count). The van der Waals surface area contributed by atoms with Crippen LogP contribution in [0.25, 0.3) is 0 Å². The van der Waals surface area contributed by atoms with Crippen LogP contribution >= 0.6 is 11.3 Å². The van der Waals surface area contributed by atoms with Gasteiger partial charge < -0.3 is 5.32 Å². The second-order valence-corrected chi connectivity index (χ2v) is 6.05. The SMILES string of the molecule is CC(C)CC(C)C1NCCc2ccsc21. The summed E-state index contributed by atoms with van der Waals surface area (Å²) in [6.07, 6.45) is 2.53. The first-order chi connectivity index (χ1) is 7.18. The zero-order valence-electron chi connectivity index (χ0n) is 9.92. The number of rotatable bonds is 3. The lowest BCUT2D eigenvalue weighted by Crippen LogP contribution is -2.33. The van der Waals surface area contributed by atoms with Crippen LogP contribution in [0, 0.1) is 11.8 Å². The van der Waals surface area contributed by atoms with Crippen LogP contribution < -0.4 is 5.32 Å². The van der Waals surface area contributed by atoms with Crippen molar-refractivity contribution in [3.8, 4) is 0 Å². The van der Waals surface area contributed by atoms with Crippen molar-refractivity contribution in [3.05, 3.63) is 21.9 Å². The van der Waals surface area contributed by atoms with Gasteiger partial charge in [-0.1, -0.05) is 20.8 Å². The maximum absolute atomic E-state index is 3.68. The van der Waals surface area contributed by atoms with Gasteiger partial charge in [0.15, 0.2) is 0 Å². The molecule has 0 amide bonds. The summed E-state index contributed by atoms with van der Waals surface area (Å²) in [4.78, 5) is 1.59. The van der Waals surface area contributed by atoms with Crippen LogP contribution in [0.4, 0.5) is 0 Å². The Bertz CT molecular complexity index is 316. The summed E-state index contributed by atoms with van der Waals surface area (Å²) in [5.41, 5.74) is 1.58. The minimum absolute atomic E-state index is 0.608. The fourth-order valence-electron chi connectivity index (χ4n) is 2.62. The molecule has 1 aromatic heterocycles. The number of nitrogens with one attached hydrogen (secondary N) is 1. The van der Waals surface area contributed by atoms with Gasteiger partial charge in [-0.3, -0.25) is 0 Å². The van der Waals surface area contributed by atoms with Gasteiger partial charge in [-0.15, -0.1) is 11.3 Å². The van der Waals surface area contributed by atoms with E-state index in [1.807, 2.05) is 11.3 Å². The summed E-state index contributed by atoms with van der Waals surface area (Å²) < 4.78 is 0. The molecule has 0 spiro atoms. The van der Waals surface area contributed by atoms with Crippen molar-refractivity contribution in [2.24, 2.45) is 11.8 Å². The molecule has 15 heavy (non-hydrogen) atoms. The maximum Gasteiger partial charge on any atom is 0.0443 e. The molecule has 1 aliphatic heterocycles. The van der Waals surface area contributed by atoms with Crippen molar-refractivity contribution in [2.75, 3.05) is 6.54 Å². The van der Waals surface area contributed by atoms with E-state index >= 15 is 0 Å². The van der Waals surface area contributed by atoms with Gasteiger partial charge in [-0.05, 0) is 48.2 Å². The number of hydrogen-bond acceptors (Lipinski definition) is 2. The average molecular weight is 223 g/mol. The maximum atomic E-state index is 3.68. The van der Waals surface area contributed by atoms with Crippen molar-refractivity contribution in [3.63, 3.8) is 0 Å². The second kappa shape index (κ2) is 4.67. The molecule has 1 N–H and O–H groups in total. The van der Waals surface area contributed by atoms with Gasteiger partial charge in [0.25, 0.3) is 0 Å². The minimum Gasteiger partial charge on any atom is -0.309 e. The Morgan fingerprint density at radius 2 is 2.27 bits per heavy atom. The molecule has 0 bridgehead atoms. The molecule has 2 heterocycles. The van der Waals surface area contributed by atoms with Gasteiger partial charge >= 0.3 is 0 Å². The Morgan fingerprint density at radius 1 is 1.47 bits per heavy atom. The highest BCUT2D eigenvalue weighted by atomic mass is 32.1. The zero-order chi connectivity index (χ0) is 10.8. The van der Waals surface area contributed by atoms with E-state index in [0.717, 1.165) is 18.4 Å². The van der Waals surface area contributed by atoms with E-state index in [0.29, 0.717) is 6.04 Å². The third-order valence-electron chi connectivity index (χ3n) is 3.23. The molecule has 0 aliphatic carbocycles. The summed E-state index contributed by atoms with van der Waals surface area (Å²) in [6, 6.07) is 2.91. The van der Waals surface area contributed by atoms with E-state index in [1.54, 1.807) is 10.4 Å². The molecule has 0 radical (unpaired) electrons. The standard InChI is InChI=1S/C13H21NS/c1-9(2)8-10(3)12-13-11(4-6-14-12)5-7-15-13/h5,7,9-10,12,14H,4,6,8H2,1-3H3. The van der Waals surface area contributed by atoms with Crippen LogP contribution in [-0.2, 0) is 6.42 Å². The van der Waals surface area contributed by atoms with Crippen molar-refractivity contribution < 1.29 is 0 Å². The Labute approximate surface area is 96.9 Å². The molecule has 2 unspecified atom stereocenters.